The number of hydrogen-bond donors (Lipinski definition) is 0. The molecule has 0 amide bonds. The number of nitrogens with zero attached hydrogens (tertiary/aromatic N) is 2. The molecule has 1 rings (SSSR count). The van der Waals surface area contributed by atoms with Gasteiger partial charge in [-0.05, 0) is 13.3 Å². The van der Waals surface area contributed by atoms with E-state index in [1.165, 1.54) is 0 Å². The van der Waals surface area contributed by atoms with Crippen LogP contribution in [0, 0.1) is 18.8 Å². The third kappa shape index (κ3) is 3.08. The van der Waals surface area contributed by atoms with Crippen LogP contribution in [0.5, 0.6) is 0 Å². The lowest BCUT2D eigenvalue weighted by molar-refractivity contribution is 0.598. The van der Waals surface area contributed by atoms with Crippen LogP contribution in [0.15, 0.2) is 6.20 Å². The first-order valence-electron chi connectivity index (χ1n) is 4.86. The van der Waals surface area contributed by atoms with Crippen LogP contribution in [0.2, 0.25) is 0 Å². The van der Waals surface area contributed by atoms with Crippen LogP contribution in [0.4, 0.5) is 0 Å². The zero-order valence-electron chi connectivity index (χ0n) is 8.68. The van der Waals surface area contributed by atoms with E-state index in [4.69, 9.17) is 11.6 Å². The van der Waals surface area contributed by atoms with E-state index >= 15 is 0 Å². The summed E-state index contributed by atoms with van der Waals surface area (Å²) in [7, 11) is 0. The first-order valence-corrected chi connectivity index (χ1v) is 5.40. The van der Waals surface area contributed by atoms with Crippen molar-refractivity contribution in [3.8, 4) is 11.8 Å². The van der Waals surface area contributed by atoms with Crippen LogP contribution in [0.25, 0.3) is 0 Å². The fraction of sp³-hybridized carbons (Fsp3) is 0.545. The molecule has 14 heavy (non-hydrogen) atoms. The molecule has 1 aromatic heterocycles. The van der Waals surface area contributed by atoms with Gasteiger partial charge in [-0.2, -0.15) is 5.10 Å². The average molecular weight is 211 g/mol. The second-order valence-electron chi connectivity index (χ2n) is 3.13. The second kappa shape index (κ2) is 5.72. The summed E-state index contributed by atoms with van der Waals surface area (Å²) in [5.74, 6) is 6.68. The smallest absolute Gasteiger partial charge is 0.0750 e. The minimum Gasteiger partial charge on any atom is -0.271 e. The van der Waals surface area contributed by atoms with Crippen LogP contribution < -0.4 is 0 Å². The quantitative estimate of drug-likeness (QED) is 0.554. The maximum Gasteiger partial charge on any atom is 0.0750 e. The highest BCUT2D eigenvalue weighted by molar-refractivity contribution is 6.18. The number of aromatic nitrogens is 2. The molecule has 0 aliphatic rings. The first-order chi connectivity index (χ1) is 6.77. The second-order valence-corrected chi connectivity index (χ2v) is 3.51. The van der Waals surface area contributed by atoms with E-state index in [9.17, 15) is 0 Å². The standard InChI is InChI=1S/C11H15ClN2/c1-3-8-14-9-11(10(2)13-14)6-4-5-7-12/h9H,3,5,7-8H2,1-2H3. The molecule has 0 aliphatic carbocycles. The summed E-state index contributed by atoms with van der Waals surface area (Å²) in [6, 6.07) is 0. The van der Waals surface area contributed by atoms with Gasteiger partial charge in [-0.3, -0.25) is 4.68 Å². The molecule has 0 bridgehead atoms. The average Bonchev–Trinajstić information content (AvgIpc) is 2.48. The van der Waals surface area contributed by atoms with Crippen molar-refractivity contribution < 1.29 is 0 Å². The molecule has 1 aromatic rings. The zero-order valence-corrected chi connectivity index (χ0v) is 9.43. The molecule has 0 N–H and O–H groups in total. The van der Waals surface area contributed by atoms with E-state index in [0.29, 0.717) is 5.88 Å². The number of aryl methyl sites for hydroxylation is 2. The van der Waals surface area contributed by atoms with Crippen LogP contribution in [0.1, 0.15) is 31.0 Å². The number of hydrogen-bond acceptors (Lipinski definition) is 1. The molecule has 76 valence electrons. The molecular weight excluding hydrogens is 196 g/mol. The maximum absolute atomic E-state index is 5.54. The van der Waals surface area contributed by atoms with Crippen molar-refractivity contribution in [1.29, 1.82) is 0 Å². The van der Waals surface area contributed by atoms with Crippen molar-refractivity contribution in [2.24, 2.45) is 0 Å². The van der Waals surface area contributed by atoms with Gasteiger partial charge in [0.25, 0.3) is 0 Å². The summed E-state index contributed by atoms with van der Waals surface area (Å²) in [5, 5.41) is 4.36. The fourth-order valence-corrected chi connectivity index (χ4v) is 1.28. The Labute approximate surface area is 90.3 Å². The highest BCUT2D eigenvalue weighted by atomic mass is 35.5. The molecule has 0 atom stereocenters. The minimum atomic E-state index is 0.592. The Hall–Kier alpha value is -0.940. The fourth-order valence-electron chi connectivity index (χ4n) is 1.19. The molecule has 0 radical (unpaired) electrons. The van der Waals surface area contributed by atoms with E-state index in [0.717, 1.165) is 30.6 Å². The normalized spacial score (nSPS) is 9.64. The highest BCUT2D eigenvalue weighted by Crippen LogP contribution is 2.04. The van der Waals surface area contributed by atoms with Crippen molar-refractivity contribution in [1.82, 2.24) is 9.78 Å². The molecule has 2 nitrogen and oxygen atoms in total. The van der Waals surface area contributed by atoms with Gasteiger partial charge in [0, 0.05) is 25.0 Å². The Morgan fingerprint density at radius 3 is 3.00 bits per heavy atom. The van der Waals surface area contributed by atoms with Crippen molar-refractivity contribution in [3.63, 3.8) is 0 Å². The summed E-state index contributed by atoms with van der Waals surface area (Å²) >= 11 is 5.54. The molecule has 3 heteroatoms. The topological polar surface area (TPSA) is 17.8 Å². The predicted octanol–water partition coefficient (Wildman–Crippen LogP) is 2.58. The molecule has 0 fully saturated rings. The lowest BCUT2D eigenvalue weighted by Crippen LogP contribution is -1.96. The van der Waals surface area contributed by atoms with Gasteiger partial charge in [0.05, 0.1) is 11.3 Å². The molecule has 0 saturated heterocycles. The molecule has 0 aliphatic heterocycles. The van der Waals surface area contributed by atoms with Crippen LogP contribution in [0.3, 0.4) is 0 Å². The van der Waals surface area contributed by atoms with Crippen molar-refractivity contribution >= 4 is 11.6 Å². The summed E-state index contributed by atoms with van der Waals surface area (Å²) in [5.41, 5.74) is 2.02. The van der Waals surface area contributed by atoms with Gasteiger partial charge >= 0.3 is 0 Å². The van der Waals surface area contributed by atoms with E-state index in [2.05, 4.69) is 23.9 Å². The third-order valence-corrected chi connectivity index (χ3v) is 2.03. The van der Waals surface area contributed by atoms with E-state index in [-0.39, 0.29) is 0 Å². The predicted molar refractivity (Wildman–Crippen MR) is 59.5 cm³/mol. The lowest BCUT2D eigenvalue weighted by Gasteiger charge is -1.93. The summed E-state index contributed by atoms with van der Waals surface area (Å²) in [6.45, 7) is 5.07. The molecule has 1 heterocycles. The van der Waals surface area contributed by atoms with Gasteiger partial charge in [0.15, 0.2) is 0 Å². The maximum atomic E-state index is 5.54. The Kier molecular flexibility index (Phi) is 4.55. The van der Waals surface area contributed by atoms with Crippen molar-refractivity contribution in [2.45, 2.75) is 33.2 Å². The van der Waals surface area contributed by atoms with Gasteiger partial charge < -0.3 is 0 Å². The number of halogens is 1. The third-order valence-electron chi connectivity index (χ3n) is 1.84. The molecule has 0 saturated carbocycles. The summed E-state index contributed by atoms with van der Waals surface area (Å²) in [4.78, 5) is 0. The number of alkyl halides is 1. The van der Waals surface area contributed by atoms with E-state index in [1.54, 1.807) is 0 Å². The minimum absolute atomic E-state index is 0.592. The molecule has 0 unspecified atom stereocenters. The van der Waals surface area contributed by atoms with Gasteiger partial charge in [0.1, 0.15) is 0 Å². The van der Waals surface area contributed by atoms with Crippen LogP contribution in [-0.2, 0) is 6.54 Å². The van der Waals surface area contributed by atoms with Crippen LogP contribution in [-0.4, -0.2) is 15.7 Å². The molecule has 0 aromatic carbocycles. The van der Waals surface area contributed by atoms with Gasteiger partial charge in [-0.15, -0.1) is 11.6 Å². The number of rotatable bonds is 3. The Balaban J connectivity index is 2.73. The zero-order chi connectivity index (χ0) is 10.4. The SMILES string of the molecule is CCCn1cc(C#CCCCl)c(C)n1. The van der Waals surface area contributed by atoms with Crippen molar-refractivity contribution in [2.75, 3.05) is 5.88 Å². The Bertz CT molecular complexity index is 344. The summed E-state index contributed by atoms with van der Waals surface area (Å²) < 4.78 is 1.94. The molecular formula is C11H15ClN2. The Morgan fingerprint density at radius 2 is 2.36 bits per heavy atom. The van der Waals surface area contributed by atoms with Gasteiger partial charge in [-0.1, -0.05) is 18.8 Å². The summed E-state index contributed by atoms with van der Waals surface area (Å²) in [6.07, 6.45) is 3.83. The Morgan fingerprint density at radius 1 is 1.57 bits per heavy atom. The highest BCUT2D eigenvalue weighted by Gasteiger charge is 2.00. The van der Waals surface area contributed by atoms with Gasteiger partial charge in [0.2, 0.25) is 0 Å². The first kappa shape index (κ1) is 11.1. The van der Waals surface area contributed by atoms with E-state index in [1.807, 2.05) is 17.8 Å². The van der Waals surface area contributed by atoms with Crippen LogP contribution >= 0.6 is 11.6 Å². The van der Waals surface area contributed by atoms with Crippen molar-refractivity contribution in [3.05, 3.63) is 17.5 Å². The lowest BCUT2D eigenvalue weighted by atomic mass is 10.2. The van der Waals surface area contributed by atoms with Gasteiger partial charge in [-0.25, -0.2) is 0 Å². The molecule has 0 spiro atoms. The monoisotopic (exact) mass is 210 g/mol. The largest absolute Gasteiger partial charge is 0.271 e. The van der Waals surface area contributed by atoms with E-state index < -0.39 is 0 Å².